The number of benzene rings is 2. The molecule has 0 aliphatic carbocycles. The van der Waals surface area contributed by atoms with Crippen LogP contribution in [0.2, 0.25) is 0 Å². The van der Waals surface area contributed by atoms with E-state index in [0.29, 0.717) is 36.7 Å². The number of carbonyl (C=O) groups excluding carboxylic acids is 1. The highest BCUT2D eigenvalue weighted by atomic mass is 19.1. The summed E-state index contributed by atoms with van der Waals surface area (Å²) >= 11 is 0. The van der Waals surface area contributed by atoms with E-state index in [4.69, 9.17) is 4.74 Å². The number of carbonyl (C=O) groups is 1. The van der Waals surface area contributed by atoms with Gasteiger partial charge in [0.1, 0.15) is 5.75 Å². The van der Waals surface area contributed by atoms with Crippen molar-refractivity contribution in [1.29, 1.82) is 0 Å². The third kappa shape index (κ3) is 4.50. The van der Waals surface area contributed by atoms with Crippen molar-refractivity contribution in [3.63, 3.8) is 0 Å². The maximum absolute atomic E-state index is 12.2. The highest BCUT2D eigenvalue weighted by Crippen LogP contribution is 2.25. The van der Waals surface area contributed by atoms with Gasteiger partial charge in [0, 0.05) is 11.1 Å². The molecule has 0 atom stereocenters. The first-order valence-corrected chi connectivity index (χ1v) is 8.47. The van der Waals surface area contributed by atoms with Crippen LogP contribution in [-0.4, -0.2) is 29.5 Å². The summed E-state index contributed by atoms with van der Waals surface area (Å²) in [4.78, 5) is 12.2. The van der Waals surface area contributed by atoms with Crippen LogP contribution in [0.15, 0.2) is 42.5 Å². The predicted octanol–water partition coefficient (Wildman–Crippen LogP) is 4.64. The number of nitrogens with zero attached hydrogens (tertiary/aromatic N) is 1. The van der Waals surface area contributed by atoms with Gasteiger partial charge in [0.25, 0.3) is 0 Å². The molecule has 2 aromatic carbocycles. The van der Waals surface area contributed by atoms with Crippen LogP contribution in [0.3, 0.4) is 0 Å². The zero-order valence-corrected chi connectivity index (χ0v) is 14.5. The van der Waals surface area contributed by atoms with Gasteiger partial charge in [-0.2, -0.15) is 5.10 Å². The topological polar surface area (TPSA) is 79.0 Å². The van der Waals surface area contributed by atoms with Crippen LogP contribution in [0.1, 0.15) is 18.4 Å². The average Bonchev–Trinajstić information content (AvgIpc) is 3.03. The van der Waals surface area contributed by atoms with E-state index in [1.54, 1.807) is 6.07 Å². The molecule has 136 valence electrons. The van der Waals surface area contributed by atoms with Crippen molar-refractivity contribution in [1.82, 2.24) is 10.2 Å². The molecule has 0 bridgehead atoms. The van der Waals surface area contributed by atoms with Crippen molar-refractivity contribution in [2.24, 2.45) is 0 Å². The molecule has 3 N–H and O–H groups in total. The highest BCUT2D eigenvalue weighted by Gasteiger charge is 2.10. The fourth-order valence-electron chi connectivity index (χ4n) is 2.47. The highest BCUT2D eigenvalue weighted by molar-refractivity contribution is 6.04. The predicted molar refractivity (Wildman–Crippen MR) is 101 cm³/mol. The zero-order valence-electron chi connectivity index (χ0n) is 14.5. The second-order valence-electron chi connectivity index (χ2n) is 5.97. The number of anilines is 2. The smallest absolute Gasteiger partial charge is 0.324 e. The lowest BCUT2D eigenvalue weighted by molar-refractivity contribution is 0.262. The quantitative estimate of drug-likeness (QED) is 0.539. The number of hydrogen-bond donors (Lipinski definition) is 3. The van der Waals surface area contributed by atoms with E-state index in [1.165, 1.54) is 0 Å². The standard InChI is InChI=1S/C19H21FN4O2/c1-13-4-6-14(7-5-13)21-19(25)22-18-16-12-15(26-11-3-2-10-20)8-9-17(16)23-24-18/h4-9,12H,2-3,10-11H2,1H3,(H3,21,22,23,24,25). The lowest BCUT2D eigenvalue weighted by atomic mass is 10.2. The fraction of sp³-hybridized carbons (Fsp3) is 0.263. The number of nitrogens with one attached hydrogen (secondary N) is 3. The summed E-state index contributed by atoms with van der Waals surface area (Å²) < 4.78 is 17.7. The number of hydrogen-bond acceptors (Lipinski definition) is 3. The molecule has 1 heterocycles. The lowest BCUT2D eigenvalue weighted by Crippen LogP contribution is -2.19. The van der Waals surface area contributed by atoms with Crippen LogP contribution in [-0.2, 0) is 0 Å². The Kier molecular flexibility index (Phi) is 5.68. The van der Waals surface area contributed by atoms with E-state index in [9.17, 15) is 9.18 Å². The molecule has 0 fully saturated rings. The molecule has 0 spiro atoms. The Morgan fingerprint density at radius 1 is 1.15 bits per heavy atom. The molecule has 6 nitrogen and oxygen atoms in total. The Labute approximate surface area is 150 Å². The number of urea groups is 1. The third-order valence-electron chi connectivity index (χ3n) is 3.87. The summed E-state index contributed by atoms with van der Waals surface area (Å²) in [5.74, 6) is 1.07. The maximum atomic E-state index is 12.2. The number of rotatable bonds is 7. The zero-order chi connectivity index (χ0) is 18.4. The summed E-state index contributed by atoms with van der Waals surface area (Å²) in [6, 6.07) is 12.6. The molecule has 0 radical (unpaired) electrons. The minimum absolute atomic E-state index is 0.339. The summed E-state index contributed by atoms with van der Waals surface area (Å²) in [6.07, 6.45) is 1.14. The molecule has 2 amide bonds. The van der Waals surface area contributed by atoms with Gasteiger partial charge in [-0.05, 0) is 50.1 Å². The summed E-state index contributed by atoms with van der Waals surface area (Å²) in [5, 5.41) is 13.3. The van der Waals surface area contributed by atoms with Crippen LogP contribution >= 0.6 is 0 Å². The number of amides is 2. The summed E-state index contributed by atoms with van der Waals surface area (Å²) in [6.45, 7) is 2.09. The van der Waals surface area contributed by atoms with Gasteiger partial charge in [-0.25, -0.2) is 4.79 Å². The van der Waals surface area contributed by atoms with Crippen molar-refractivity contribution < 1.29 is 13.9 Å². The Morgan fingerprint density at radius 3 is 2.73 bits per heavy atom. The van der Waals surface area contributed by atoms with E-state index in [2.05, 4.69) is 20.8 Å². The van der Waals surface area contributed by atoms with Gasteiger partial charge in [-0.1, -0.05) is 17.7 Å². The average molecular weight is 356 g/mol. The van der Waals surface area contributed by atoms with E-state index in [0.717, 1.165) is 16.5 Å². The Hall–Kier alpha value is -3.09. The molecule has 0 saturated carbocycles. The normalized spacial score (nSPS) is 10.7. The lowest BCUT2D eigenvalue weighted by Gasteiger charge is -2.07. The van der Waals surface area contributed by atoms with Crippen molar-refractivity contribution in [2.45, 2.75) is 19.8 Å². The number of aryl methyl sites for hydroxylation is 1. The van der Waals surface area contributed by atoms with E-state index < -0.39 is 0 Å². The Balaban J connectivity index is 1.66. The molecule has 0 saturated heterocycles. The number of alkyl halides is 1. The van der Waals surface area contributed by atoms with Gasteiger partial charge in [0.2, 0.25) is 0 Å². The van der Waals surface area contributed by atoms with Gasteiger partial charge in [0.15, 0.2) is 5.82 Å². The number of aromatic nitrogens is 2. The second kappa shape index (κ2) is 8.33. The van der Waals surface area contributed by atoms with E-state index in [1.807, 2.05) is 43.3 Å². The van der Waals surface area contributed by atoms with Crippen LogP contribution in [0.4, 0.5) is 20.7 Å². The van der Waals surface area contributed by atoms with E-state index in [-0.39, 0.29) is 12.7 Å². The number of unbranched alkanes of at least 4 members (excludes halogenated alkanes) is 1. The van der Waals surface area contributed by atoms with Gasteiger partial charge < -0.3 is 10.1 Å². The number of aromatic amines is 1. The summed E-state index contributed by atoms with van der Waals surface area (Å²) in [5.41, 5.74) is 2.60. The molecular formula is C19H21FN4O2. The molecule has 3 rings (SSSR count). The number of H-pyrrole nitrogens is 1. The van der Waals surface area contributed by atoms with Crippen molar-refractivity contribution in [3.8, 4) is 5.75 Å². The van der Waals surface area contributed by atoms with Gasteiger partial charge in [-0.15, -0.1) is 0 Å². The van der Waals surface area contributed by atoms with Gasteiger partial charge >= 0.3 is 6.03 Å². The monoisotopic (exact) mass is 356 g/mol. The fourth-order valence-corrected chi connectivity index (χ4v) is 2.47. The molecule has 1 aromatic heterocycles. The van der Waals surface area contributed by atoms with Gasteiger partial charge in [0.05, 0.1) is 18.8 Å². The molecule has 3 aromatic rings. The first-order chi connectivity index (χ1) is 12.7. The number of fused-ring (bicyclic) bond motifs is 1. The Bertz CT molecular complexity index is 877. The van der Waals surface area contributed by atoms with E-state index >= 15 is 0 Å². The van der Waals surface area contributed by atoms with Crippen LogP contribution in [0, 0.1) is 6.92 Å². The minimum Gasteiger partial charge on any atom is -0.494 e. The second-order valence-corrected chi connectivity index (χ2v) is 5.97. The van der Waals surface area contributed by atoms with Crippen LogP contribution < -0.4 is 15.4 Å². The van der Waals surface area contributed by atoms with Crippen molar-refractivity contribution in [2.75, 3.05) is 23.9 Å². The third-order valence-corrected chi connectivity index (χ3v) is 3.87. The maximum Gasteiger partial charge on any atom is 0.324 e. The van der Waals surface area contributed by atoms with Crippen molar-refractivity contribution >= 4 is 28.4 Å². The first-order valence-electron chi connectivity index (χ1n) is 8.47. The van der Waals surface area contributed by atoms with Crippen molar-refractivity contribution in [3.05, 3.63) is 48.0 Å². The molecule has 7 heteroatoms. The molecular weight excluding hydrogens is 335 g/mol. The molecule has 0 unspecified atom stereocenters. The number of ether oxygens (including phenoxy) is 1. The molecule has 0 aliphatic heterocycles. The summed E-state index contributed by atoms with van der Waals surface area (Å²) in [7, 11) is 0. The SMILES string of the molecule is Cc1ccc(NC(=O)Nc2n[nH]c3ccc(OCCCCF)cc23)cc1. The van der Waals surface area contributed by atoms with Crippen LogP contribution in [0.25, 0.3) is 10.9 Å². The first kappa shape index (κ1) is 17.7. The number of halogens is 1. The van der Waals surface area contributed by atoms with Gasteiger partial charge in [-0.3, -0.25) is 14.8 Å². The Morgan fingerprint density at radius 2 is 1.96 bits per heavy atom. The largest absolute Gasteiger partial charge is 0.494 e. The minimum atomic E-state index is -0.378. The van der Waals surface area contributed by atoms with Crippen LogP contribution in [0.5, 0.6) is 5.75 Å². The molecule has 26 heavy (non-hydrogen) atoms. The molecule has 0 aliphatic rings.